The Balaban J connectivity index is 2.25. The smallest absolute Gasteiger partial charge is 0.157 e. The normalized spacial score (nSPS) is 26.1. The Hall–Kier alpha value is -0.930. The lowest BCUT2D eigenvalue weighted by molar-refractivity contribution is -0.132. The Morgan fingerprint density at radius 3 is 2.81 bits per heavy atom. The van der Waals surface area contributed by atoms with Gasteiger partial charge in [-0.3, -0.25) is 9.69 Å². The first kappa shape index (κ1) is 16.4. The molecule has 1 saturated carbocycles. The third kappa shape index (κ3) is 3.46. The van der Waals surface area contributed by atoms with Gasteiger partial charge in [0.15, 0.2) is 5.78 Å². The van der Waals surface area contributed by atoms with Gasteiger partial charge in [-0.1, -0.05) is 31.4 Å². The Morgan fingerprint density at radius 2 is 2.19 bits per heavy atom. The highest BCUT2D eigenvalue weighted by atomic mass is 35.5. The van der Waals surface area contributed by atoms with E-state index in [0.29, 0.717) is 16.5 Å². The molecule has 1 aromatic rings. The maximum Gasteiger partial charge on any atom is 0.157 e. The van der Waals surface area contributed by atoms with Crippen molar-refractivity contribution in [1.82, 2.24) is 4.90 Å². The van der Waals surface area contributed by atoms with E-state index in [1.54, 1.807) is 6.07 Å². The Morgan fingerprint density at radius 1 is 1.48 bits per heavy atom. The van der Waals surface area contributed by atoms with Crippen LogP contribution >= 0.6 is 11.6 Å². The molecule has 116 valence electrons. The van der Waals surface area contributed by atoms with Crippen LogP contribution in [0.3, 0.4) is 0 Å². The van der Waals surface area contributed by atoms with Crippen LogP contribution in [0.2, 0.25) is 5.02 Å². The first-order valence-corrected chi connectivity index (χ1v) is 7.87. The number of rotatable bonds is 4. The number of carbonyl (C=O) groups is 1. The van der Waals surface area contributed by atoms with Crippen LogP contribution in [0.4, 0.5) is 4.39 Å². The predicted molar refractivity (Wildman–Crippen MR) is 84.2 cm³/mol. The number of halogens is 2. The van der Waals surface area contributed by atoms with Crippen molar-refractivity contribution in [1.29, 1.82) is 0 Å². The quantitative estimate of drug-likeness (QED) is 0.834. The van der Waals surface area contributed by atoms with E-state index >= 15 is 0 Å². The molecule has 0 aromatic heterocycles. The zero-order chi connectivity index (χ0) is 15.6. The molecule has 1 aliphatic carbocycles. The molecule has 2 rings (SSSR count). The molecule has 2 atom stereocenters. The third-order valence-corrected chi connectivity index (χ3v) is 4.94. The van der Waals surface area contributed by atoms with Gasteiger partial charge in [0.1, 0.15) is 5.82 Å². The van der Waals surface area contributed by atoms with Crippen molar-refractivity contribution >= 4 is 17.4 Å². The fourth-order valence-corrected chi connectivity index (χ4v) is 3.64. The fourth-order valence-electron chi connectivity index (χ4n) is 3.45. The van der Waals surface area contributed by atoms with Crippen molar-refractivity contribution in [2.24, 2.45) is 5.92 Å². The van der Waals surface area contributed by atoms with Gasteiger partial charge < -0.3 is 0 Å². The summed E-state index contributed by atoms with van der Waals surface area (Å²) in [6.45, 7) is 2.19. The number of ketones is 1. The van der Waals surface area contributed by atoms with E-state index in [1.807, 2.05) is 19.0 Å². The van der Waals surface area contributed by atoms with E-state index in [0.717, 1.165) is 25.7 Å². The van der Waals surface area contributed by atoms with Crippen LogP contribution in [0.15, 0.2) is 18.2 Å². The minimum absolute atomic E-state index is 0.0974. The average molecular weight is 312 g/mol. The number of likely N-dealkylation sites (N-methyl/N-ethyl adjacent to an activating group) is 1. The molecule has 0 amide bonds. The third-order valence-electron chi connectivity index (χ3n) is 4.71. The van der Waals surface area contributed by atoms with Gasteiger partial charge in [-0.25, -0.2) is 4.39 Å². The number of hydrogen-bond donors (Lipinski definition) is 0. The van der Waals surface area contributed by atoms with Gasteiger partial charge in [-0.2, -0.15) is 0 Å². The summed E-state index contributed by atoms with van der Waals surface area (Å²) in [7, 11) is 3.90. The maximum absolute atomic E-state index is 13.9. The molecule has 21 heavy (non-hydrogen) atoms. The van der Waals surface area contributed by atoms with Gasteiger partial charge in [-0.15, -0.1) is 0 Å². The number of nitrogens with zero attached hydrogens (tertiary/aromatic N) is 1. The topological polar surface area (TPSA) is 20.3 Å². The average Bonchev–Trinajstić information content (AvgIpc) is 2.42. The minimum Gasteiger partial charge on any atom is -0.297 e. The molecule has 0 heterocycles. The fraction of sp³-hybridized carbons (Fsp3) is 0.588. The van der Waals surface area contributed by atoms with E-state index < -0.39 is 5.54 Å². The van der Waals surface area contributed by atoms with E-state index in [4.69, 9.17) is 11.6 Å². The molecular formula is C17H23ClFNO. The molecule has 1 aromatic carbocycles. The summed E-state index contributed by atoms with van der Waals surface area (Å²) in [4.78, 5) is 14.9. The van der Waals surface area contributed by atoms with Crippen LogP contribution in [0.5, 0.6) is 0 Å². The van der Waals surface area contributed by atoms with Gasteiger partial charge >= 0.3 is 0 Å². The van der Waals surface area contributed by atoms with E-state index in [9.17, 15) is 9.18 Å². The molecular weight excluding hydrogens is 289 g/mol. The Bertz CT molecular complexity index is 532. The summed E-state index contributed by atoms with van der Waals surface area (Å²) in [5.74, 6) is 0.264. The number of hydrogen-bond acceptors (Lipinski definition) is 2. The lowest BCUT2D eigenvalue weighted by Gasteiger charge is -2.44. The molecule has 2 unspecified atom stereocenters. The lowest BCUT2D eigenvalue weighted by Crippen LogP contribution is -2.54. The van der Waals surface area contributed by atoms with Crippen molar-refractivity contribution in [2.45, 2.75) is 44.6 Å². The summed E-state index contributed by atoms with van der Waals surface area (Å²) in [6.07, 6.45) is 4.02. The Labute approximate surface area is 131 Å². The minimum atomic E-state index is -0.466. The van der Waals surface area contributed by atoms with Crippen LogP contribution in [-0.2, 0) is 11.2 Å². The summed E-state index contributed by atoms with van der Waals surface area (Å²) in [6, 6.07) is 4.40. The van der Waals surface area contributed by atoms with Crippen LogP contribution in [0, 0.1) is 11.7 Å². The van der Waals surface area contributed by atoms with Crippen LogP contribution in [-0.4, -0.2) is 30.3 Å². The first-order valence-electron chi connectivity index (χ1n) is 7.50. The van der Waals surface area contributed by atoms with Crippen LogP contribution in [0.1, 0.15) is 38.2 Å². The van der Waals surface area contributed by atoms with Crippen LogP contribution < -0.4 is 0 Å². The van der Waals surface area contributed by atoms with Crippen molar-refractivity contribution in [2.75, 3.05) is 14.1 Å². The van der Waals surface area contributed by atoms with Crippen molar-refractivity contribution in [3.05, 3.63) is 34.6 Å². The monoisotopic (exact) mass is 311 g/mol. The molecule has 0 bridgehead atoms. The van der Waals surface area contributed by atoms with Gasteiger partial charge in [-0.05, 0) is 56.6 Å². The summed E-state index contributed by atoms with van der Waals surface area (Å²) < 4.78 is 13.9. The number of benzene rings is 1. The predicted octanol–water partition coefficient (Wildman–Crippen LogP) is 4.10. The molecule has 2 nitrogen and oxygen atoms in total. The second-order valence-corrected chi connectivity index (χ2v) is 6.90. The van der Waals surface area contributed by atoms with Gasteiger partial charge in [0.2, 0.25) is 0 Å². The molecule has 0 aliphatic heterocycles. The molecule has 0 spiro atoms. The zero-order valence-corrected chi connectivity index (χ0v) is 13.7. The molecule has 1 aliphatic rings. The van der Waals surface area contributed by atoms with E-state index in [1.165, 1.54) is 12.1 Å². The summed E-state index contributed by atoms with van der Waals surface area (Å²) in [5.41, 5.74) is -0.0705. The first-order chi connectivity index (χ1) is 9.85. The maximum atomic E-state index is 13.9. The van der Waals surface area contributed by atoms with Crippen molar-refractivity contribution in [3.63, 3.8) is 0 Å². The second-order valence-electron chi connectivity index (χ2n) is 6.46. The van der Waals surface area contributed by atoms with Gasteiger partial charge in [0, 0.05) is 11.4 Å². The molecule has 0 saturated heterocycles. The van der Waals surface area contributed by atoms with E-state index in [2.05, 4.69) is 6.92 Å². The molecule has 4 heteroatoms. The molecule has 0 radical (unpaired) electrons. The second kappa shape index (κ2) is 6.45. The largest absolute Gasteiger partial charge is 0.297 e. The Kier molecular flexibility index (Phi) is 5.05. The van der Waals surface area contributed by atoms with Crippen molar-refractivity contribution < 1.29 is 9.18 Å². The van der Waals surface area contributed by atoms with E-state index in [-0.39, 0.29) is 18.0 Å². The summed E-state index contributed by atoms with van der Waals surface area (Å²) >= 11 is 5.92. The molecule has 0 N–H and O–H groups in total. The van der Waals surface area contributed by atoms with Crippen LogP contribution in [0.25, 0.3) is 0 Å². The van der Waals surface area contributed by atoms with Gasteiger partial charge in [0.05, 0.1) is 5.54 Å². The van der Waals surface area contributed by atoms with Gasteiger partial charge in [0.25, 0.3) is 0 Å². The molecule has 1 fully saturated rings. The number of carbonyl (C=O) groups excluding carboxylic acids is 1. The SMILES string of the molecule is CC1CCCC(C(=O)Cc2cc(Cl)ccc2F)(N(C)C)C1. The summed E-state index contributed by atoms with van der Waals surface area (Å²) in [5, 5.41) is 0.468. The van der Waals surface area contributed by atoms with Crippen molar-refractivity contribution in [3.8, 4) is 0 Å². The highest BCUT2D eigenvalue weighted by Gasteiger charge is 2.43. The standard InChI is InChI=1S/C17H23ClFNO/c1-12-5-4-8-17(11-12,20(2)3)16(21)10-13-9-14(18)6-7-15(13)19/h6-7,9,12H,4-5,8,10-11H2,1-3H3. The lowest BCUT2D eigenvalue weighted by atomic mass is 9.72. The zero-order valence-electron chi connectivity index (χ0n) is 13.0. The number of Topliss-reactive ketones (excluding diaryl/α,β-unsaturated/α-hetero) is 1. The highest BCUT2D eigenvalue weighted by Crippen LogP contribution is 2.37. The highest BCUT2D eigenvalue weighted by molar-refractivity contribution is 6.30.